The Kier molecular flexibility index (Phi) is 7.32. The molecule has 0 bridgehead atoms. The Bertz CT molecular complexity index is 1400. The molecule has 1 aromatic heterocycles. The van der Waals surface area contributed by atoms with E-state index in [0.29, 0.717) is 47.3 Å². The summed E-state index contributed by atoms with van der Waals surface area (Å²) in [5.41, 5.74) is 1.97. The van der Waals surface area contributed by atoms with Gasteiger partial charge in [-0.25, -0.2) is 12.8 Å². The van der Waals surface area contributed by atoms with Gasteiger partial charge in [0.2, 0.25) is 10.0 Å². The van der Waals surface area contributed by atoms with Crippen LogP contribution in [-0.2, 0) is 19.6 Å². The van der Waals surface area contributed by atoms with Crippen molar-refractivity contribution in [3.63, 3.8) is 0 Å². The van der Waals surface area contributed by atoms with E-state index < -0.39 is 27.7 Å². The topological polar surface area (TPSA) is 127 Å². The van der Waals surface area contributed by atoms with E-state index in [4.69, 9.17) is 9.15 Å². The lowest BCUT2D eigenvalue weighted by atomic mass is 9.84. The number of benzene rings is 2. The molecule has 9 nitrogen and oxygen atoms in total. The molecular formula is C25H28FN3O6S. The number of fused-ring (bicyclic) bond motifs is 1. The summed E-state index contributed by atoms with van der Waals surface area (Å²) >= 11 is 0. The minimum Gasteiger partial charge on any atom is -0.469 e. The number of carbonyl (C=O) groups is 2. The number of hydrogen-bond donors (Lipinski definition) is 3. The van der Waals surface area contributed by atoms with E-state index in [1.54, 1.807) is 12.1 Å². The summed E-state index contributed by atoms with van der Waals surface area (Å²) in [4.78, 5) is 25.2. The summed E-state index contributed by atoms with van der Waals surface area (Å²) < 4.78 is 52.1. The Morgan fingerprint density at radius 2 is 1.92 bits per heavy atom. The van der Waals surface area contributed by atoms with E-state index in [1.807, 2.05) is 0 Å². The third-order valence-corrected chi connectivity index (χ3v) is 7.68. The van der Waals surface area contributed by atoms with Crippen molar-refractivity contribution in [3.05, 3.63) is 53.3 Å². The van der Waals surface area contributed by atoms with Crippen molar-refractivity contribution in [3.8, 4) is 11.3 Å². The Morgan fingerprint density at radius 1 is 1.19 bits per heavy atom. The first-order chi connectivity index (χ1) is 17.2. The van der Waals surface area contributed by atoms with E-state index in [-0.39, 0.29) is 29.0 Å². The van der Waals surface area contributed by atoms with Crippen molar-refractivity contribution in [1.82, 2.24) is 10.6 Å². The van der Waals surface area contributed by atoms with Crippen molar-refractivity contribution in [2.75, 3.05) is 37.7 Å². The number of anilines is 1. The molecule has 1 fully saturated rings. The first-order valence-electron chi connectivity index (χ1n) is 11.5. The summed E-state index contributed by atoms with van der Waals surface area (Å²) in [7, 11) is -0.820. The highest BCUT2D eigenvalue weighted by molar-refractivity contribution is 7.92. The van der Waals surface area contributed by atoms with E-state index in [9.17, 15) is 22.4 Å². The molecule has 0 spiro atoms. The first kappa shape index (κ1) is 25.6. The van der Waals surface area contributed by atoms with Crippen molar-refractivity contribution in [2.24, 2.45) is 5.92 Å². The first-order valence-corrected chi connectivity index (χ1v) is 13.2. The molecule has 2 aromatic carbocycles. The van der Waals surface area contributed by atoms with Gasteiger partial charge in [-0.3, -0.25) is 14.3 Å². The maximum atomic E-state index is 13.5. The molecule has 4 rings (SSSR count). The predicted molar refractivity (Wildman–Crippen MR) is 134 cm³/mol. The molecule has 1 aliphatic rings. The van der Waals surface area contributed by atoms with E-state index in [1.165, 1.54) is 45.3 Å². The van der Waals surface area contributed by atoms with Crippen LogP contribution >= 0.6 is 0 Å². The van der Waals surface area contributed by atoms with Gasteiger partial charge >= 0.3 is 5.97 Å². The molecule has 1 aliphatic heterocycles. The molecule has 1 saturated heterocycles. The van der Waals surface area contributed by atoms with Gasteiger partial charge in [0.1, 0.15) is 17.2 Å². The average molecular weight is 518 g/mol. The van der Waals surface area contributed by atoms with Gasteiger partial charge in [0.25, 0.3) is 5.91 Å². The number of halogens is 1. The lowest BCUT2D eigenvalue weighted by molar-refractivity contribution is -0.146. The summed E-state index contributed by atoms with van der Waals surface area (Å²) in [5, 5.41) is 6.31. The van der Waals surface area contributed by atoms with E-state index in [2.05, 4.69) is 15.4 Å². The van der Waals surface area contributed by atoms with Crippen molar-refractivity contribution in [2.45, 2.75) is 19.3 Å². The number of furan rings is 1. The second kappa shape index (κ2) is 10.3. The van der Waals surface area contributed by atoms with Crippen LogP contribution in [0.3, 0.4) is 0 Å². The number of rotatable bonds is 7. The molecule has 2 unspecified atom stereocenters. The molecule has 0 aliphatic carbocycles. The molecule has 2 heterocycles. The van der Waals surface area contributed by atoms with E-state index >= 15 is 0 Å². The van der Waals surface area contributed by atoms with Crippen molar-refractivity contribution >= 4 is 38.6 Å². The summed E-state index contributed by atoms with van der Waals surface area (Å²) in [5.74, 6) is -1.74. The molecule has 192 valence electrons. The molecule has 36 heavy (non-hydrogen) atoms. The van der Waals surface area contributed by atoms with Crippen LogP contribution in [-0.4, -0.2) is 53.3 Å². The number of nitrogens with one attached hydrogen (secondary N) is 3. The number of carbonyl (C=O) groups excluding carboxylic acids is 2. The summed E-state index contributed by atoms with van der Waals surface area (Å²) in [6.45, 7) is 2.47. The number of ether oxygens (including phenoxy) is 1. The van der Waals surface area contributed by atoms with Crippen LogP contribution in [0.4, 0.5) is 10.1 Å². The molecule has 2 atom stereocenters. The van der Waals surface area contributed by atoms with Gasteiger partial charge in [0, 0.05) is 37.2 Å². The Hall–Kier alpha value is -3.44. The SMILES string of the molecule is CCS(=O)(=O)Nc1cc2oc(-c3ccc(F)cc3)c(C(=O)NC)c2cc1C1CNCC(C(=O)OC)C1. The van der Waals surface area contributed by atoms with Crippen LogP contribution in [0.15, 0.2) is 40.8 Å². The minimum absolute atomic E-state index is 0.138. The molecule has 0 radical (unpaired) electrons. The van der Waals surface area contributed by atoms with Crippen LogP contribution in [0.2, 0.25) is 0 Å². The highest BCUT2D eigenvalue weighted by Gasteiger charge is 2.32. The smallest absolute Gasteiger partial charge is 0.309 e. The number of methoxy groups -OCH3 is 1. The standard InChI is InChI=1S/C25H28FN3O6S/c1-4-36(32,33)29-20-11-21-19(10-18(20)15-9-16(13-28-12-15)25(31)34-3)22(24(30)27-2)23(35-21)14-5-7-17(26)8-6-14/h5-8,10-11,15-16,28-29H,4,9,12-13H2,1-3H3,(H,27,30). The van der Waals surface area contributed by atoms with Gasteiger partial charge < -0.3 is 19.8 Å². The zero-order valence-corrected chi connectivity index (χ0v) is 21.0. The van der Waals surface area contributed by atoms with Crippen LogP contribution in [0.5, 0.6) is 0 Å². The zero-order valence-electron chi connectivity index (χ0n) is 20.2. The predicted octanol–water partition coefficient (Wildman–Crippen LogP) is 3.23. The Labute approximate surface area is 208 Å². The molecule has 3 aromatic rings. The fraction of sp³-hybridized carbons (Fsp3) is 0.360. The molecule has 1 amide bonds. The fourth-order valence-corrected chi connectivity index (χ4v) is 5.16. The third kappa shape index (κ3) is 5.07. The van der Waals surface area contributed by atoms with Gasteiger partial charge in [-0.15, -0.1) is 0 Å². The van der Waals surface area contributed by atoms with Crippen LogP contribution in [0.1, 0.15) is 35.2 Å². The van der Waals surface area contributed by atoms with Gasteiger partial charge in [-0.1, -0.05) is 0 Å². The Morgan fingerprint density at radius 3 is 2.56 bits per heavy atom. The molecule has 0 saturated carbocycles. The van der Waals surface area contributed by atoms with Gasteiger partial charge in [0.05, 0.1) is 30.0 Å². The number of esters is 1. The number of amides is 1. The second-order valence-corrected chi connectivity index (χ2v) is 10.7. The van der Waals surface area contributed by atoms with Crippen molar-refractivity contribution in [1.29, 1.82) is 0 Å². The van der Waals surface area contributed by atoms with Gasteiger partial charge in [0.15, 0.2) is 0 Å². The highest BCUT2D eigenvalue weighted by atomic mass is 32.2. The fourth-order valence-electron chi connectivity index (χ4n) is 4.51. The maximum absolute atomic E-state index is 13.5. The maximum Gasteiger partial charge on any atom is 0.309 e. The summed E-state index contributed by atoms with van der Waals surface area (Å²) in [6, 6.07) is 8.83. The van der Waals surface area contributed by atoms with Gasteiger partial charge in [-0.05, 0) is 55.2 Å². The quantitative estimate of drug-likeness (QED) is 0.411. The monoisotopic (exact) mass is 517 g/mol. The van der Waals surface area contributed by atoms with Crippen LogP contribution in [0.25, 0.3) is 22.3 Å². The molecule has 11 heteroatoms. The van der Waals surface area contributed by atoms with Crippen LogP contribution in [0, 0.1) is 11.7 Å². The lowest BCUT2D eigenvalue weighted by Gasteiger charge is -2.30. The van der Waals surface area contributed by atoms with E-state index in [0.717, 1.165) is 0 Å². The zero-order chi connectivity index (χ0) is 26.0. The lowest BCUT2D eigenvalue weighted by Crippen LogP contribution is -2.39. The molecule has 3 N–H and O–H groups in total. The second-order valence-electron chi connectivity index (χ2n) is 8.64. The van der Waals surface area contributed by atoms with Crippen molar-refractivity contribution < 1.29 is 31.6 Å². The molecular weight excluding hydrogens is 489 g/mol. The third-order valence-electron chi connectivity index (χ3n) is 6.39. The average Bonchev–Trinajstić information content (AvgIpc) is 3.25. The number of piperidine rings is 1. The van der Waals surface area contributed by atoms with Crippen LogP contribution < -0.4 is 15.4 Å². The van der Waals surface area contributed by atoms with Gasteiger partial charge in [-0.2, -0.15) is 0 Å². The number of hydrogen-bond acceptors (Lipinski definition) is 7. The normalized spacial score (nSPS) is 18.1. The largest absolute Gasteiger partial charge is 0.469 e. The Balaban J connectivity index is 1.93. The highest BCUT2D eigenvalue weighted by Crippen LogP contribution is 2.40. The summed E-state index contributed by atoms with van der Waals surface area (Å²) in [6.07, 6.45) is 0.435. The number of sulfonamides is 1. The minimum atomic E-state index is -3.64.